The highest BCUT2D eigenvalue weighted by Crippen LogP contribution is 2.26. The predicted octanol–water partition coefficient (Wildman–Crippen LogP) is 4.79. The van der Waals surface area contributed by atoms with E-state index in [9.17, 15) is 13.2 Å². The largest absolute Gasteiger partial charge is 0.324 e. The zero-order valence-electron chi connectivity index (χ0n) is 16.1. The minimum Gasteiger partial charge on any atom is -0.324 e. The normalized spacial score (nSPS) is 11.1. The number of benzene rings is 3. The standard InChI is InChI=1S/C22H21ClN2O3S/c1-16-11-12-20(13-17(16)2)25(29(27,28)21-9-4-3-5-10-21)15-22(26)24-19-8-6-7-18(23)14-19/h3-14H,15H2,1-2H3,(H,24,26). The highest BCUT2D eigenvalue weighted by atomic mass is 35.5. The van der Waals surface area contributed by atoms with Crippen molar-refractivity contribution in [3.8, 4) is 0 Å². The summed E-state index contributed by atoms with van der Waals surface area (Å²) in [6, 6.07) is 20.1. The van der Waals surface area contributed by atoms with Crippen molar-refractivity contribution < 1.29 is 13.2 Å². The van der Waals surface area contributed by atoms with E-state index in [1.807, 2.05) is 19.9 Å². The summed E-state index contributed by atoms with van der Waals surface area (Å²) in [5.74, 6) is -0.468. The van der Waals surface area contributed by atoms with Crippen LogP contribution in [-0.4, -0.2) is 20.9 Å². The lowest BCUT2D eigenvalue weighted by atomic mass is 10.1. The van der Waals surface area contributed by atoms with Gasteiger partial charge in [-0.25, -0.2) is 8.42 Å². The maximum atomic E-state index is 13.3. The molecule has 5 nitrogen and oxygen atoms in total. The molecule has 0 aliphatic rings. The third kappa shape index (κ3) is 4.96. The molecule has 0 saturated carbocycles. The summed E-state index contributed by atoms with van der Waals surface area (Å²) >= 11 is 5.96. The maximum absolute atomic E-state index is 13.3. The lowest BCUT2D eigenvalue weighted by Gasteiger charge is -2.25. The average molecular weight is 429 g/mol. The summed E-state index contributed by atoms with van der Waals surface area (Å²) in [4.78, 5) is 12.8. The fourth-order valence-electron chi connectivity index (χ4n) is 2.81. The van der Waals surface area contributed by atoms with E-state index >= 15 is 0 Å². The fourth-order valence-corrected chi connectivity index (χ4v) is 4.44. The molecule has 0 aliphatic heterocycles. The number of sulfonamides is 1. The van der Waals surface area contributed by atoms with Crippen molar-refractivity contribution in [2.45, 2.75) is 18.7 Å². The molecule has 0 heterocycles. The monoisotopic (exact) mass is 428 g/mol. The van der Waals surface area contributed by atoms with E-state index in [0.717, 1.165) is 15.4 Å². The minimum absolute atomic E-state index is 0.119. The highest BCUT2D eigenvalue weighted by Gasteiger charge is 2.27. The summed E-state index contributed by atoms with van der Waals surface area (Å²) in [5, 5.41) is 3.18. The Bertz CT molecular complexity index is 1130. The van der Waals surface area contributed by atoms with Crippen LogP contribution in [0.5, 0.6) is 0 Å². The number of amides is 1. The van der Waals surface area contributed by atoms with Crippen LogP contribution in [0.1, 0.15) is 11.1 Å². The summed E-state index contributed by atoms with van der Waals surface area (Å²) in [6.45, 7) is 3.48. The SMILES string of the molecule is Cc1ccc(N(CC(=O)Nc2cccc(Cl)c2)S(=O)(=O)c2ccccc2)cc1C. The van der Waals surface area contributed by atoms with E-state index < -0.39 is 15.9 Å². The molecule has 0 saturated heterocycles. The Labute approximate surface area is 176 Å². The van der Waals surface area contributed by atoms with Crippen molar-refractivity contribution in [2.75, 3.05) is 16.2 Å². The third-order valence-electron chi connectivity index (χ3n) is 4.51. The van der Waals surface area contributed by atoms with Crippen LogP contribution in [0, 0.1) is 13.8 Å². The summed E-state index contributed by atoms with van der Waals surface area (Å²) in [5.41, 5.74) is 2.90. The maximum Gasteiger partial charge on any atom is 0.264 e. The van der Waals surface area contributed by atoms with Crippen molar-refractivity contribution in [1.82, 2.24) is 0 Å². The molecule has 1 amide bonds. The number of halogens is 1. The second-order valence-electron chi connectivity index (χ2n) is 6.65. The van der Waals surface area contributed by atoms with E-state index in [1.54, 1.807) is 54.6 Å². The Kier molecular flexibility index (Phi) is 6.25. The van der Waals surface area contributed by atoms with Gasteiger partial charge in [0.1, 0.15) is 6.54 Å². The summed E-state index contributed by atoms with van der Waals surface area (Å²) in [6.07, 6.45) is 0. The van der Waals surface area contributed by atoms with Gasteiger partial charge in [-0.3, -0.25) is 9.10 Å². The van der Waals surface area contributed by atoms with Gasteiger partial charge in [0.25, 0.3) is 10.0 Å². The number of rotatable bonds is 6. The first-order chi connectivity index (χ1) is 13.8. The lowest BCUT2D eigenvalue weighted by Crippen LogP contribution is -2.38. The van der Waals surface area contributed by atoms with Crippen molar-refractivity contribution >= 4 is 38.9 Å². The summed E-state index contributed by atoms with van der Waals surface area (Å²) < 4.78 is 27.7. The van der Waals surface area contributed by atoms with E-state index in [2.05, 4.69) is 5.32 Å². The molecule has 29 heavy (non-hydrogen) atoms. The molecular formula is C22H21ClN2O3S. The van der Waals surface area contributed by atoms with Crippen LogP contribution in [0.15, 0.2) is 77.7 Å². The minimum atomic E-state index is -3.93. The molecule has 0 bridgehead atoms. The molecule has 3 aromatic carbocycles. The van der Waals surface area contributed by atoms with Gasteiger partial charge < -0.3 is 5.32 Å². The Balaban J connectivity index is 1.96. The molecule has 1 N–H and O–H groups in total. The second-order valence-corrected chi connectivity index (χ2v) is 8.95. The van der Waals surface area contributed by atoms with Crippen molar-refractivity contribution in [3.63, 3.8) is 0 Å². The lowest BCUT2D eigenvalue weighted by molar-refractivity contribution is -0.114. The molecular weight excluding hydrogens is 408 g/mol. The zero-order chi connectivity index (χ0) is 21.0. The van der Waals surface area contributed by atoms with Crippen molar-refractivity contribution in [3.05, 3.63) is 88.9 Å². The first kappa shape index (κ1) is 20.9. The van der Waals surface area contributed by atoms with Crippen LogP contribution in [0.2, 0.25) is 5.02 Å². The van der Waals surface area contributed by atoms with E-state index in [-0.39, 0.29) is 11.4 Å². The number of hydrogen-bond donors (Lipinski definition) is 1. The Hall–Kier alpha value is -2.83. The fraction of sp³-hybridized carbons (Fsp3) is 0.136. The molecule has 0 aliphatic carbocycles. The molecule has 0 unspecified atom stereocenters. The van der Waals surface area contributed by atoms with E-state index in [0.29, 0.717) is 16.4 Å². The van der Waals surface area contributed by atoms with Crippen LogP contribution >= 0.6 is 11.6 Å². The molecule has 3 rings (SSSR count). The zero-order valence-corrected chi connectivity index (χ0v) is 17.7. The Morgan fingerprint density at radius 1 is 0.931 bits per heavy atom. The van der Waals surface area contributed by atoms with Gasteiger partial charge in [0, 0.05) is 10.7 Å². The molecule has 0 atom stereocenters. The Morgan fingerprint density at radius 2 is 1.66 bits per heavy atom. The van der Waals surface area contributed by atoms with Crippen molar-refractivity contribution in [2.24, 2.45) is 0 Å². The number of nitrogens with one attached hydrogen (secondary N) is 1. The molecule has 0 fully saturated rings. The number of anilines is 2. The van der Waals surface area contributed by atoms with E-state index in [4.69, 9.17) is 11.6 Å². The van der Waals surface area contributed by atoms with E-state index in [1.165, 1.54) is 12.1 Å². The summed E-state index contributed by atoms with van der Waals surface area (Å²) in [7, 11) is -3.93. The molecule has 0 radical (unpaired) electrons. The van der Waals surface area contributed by atoms with Gasteiger partial charge in [-0.1, -0.05) is 41.9 Å². The third-order valence-corrected chi connectivity index (χ3v) is 6.53. The van der Waals surface area contributed by atoms with Gasteiger partial charge in [0.2, 0.25) is 5.91 Å². The van der Waals surface area contributed by atoms with Gasteiger partial charge in [0.15, 0.2) is 0 Å². The van der Waals surface area contributed by atoms with Crippen LogP contribution in [0.4, 0.5) is 11.4 Å². The molecule has 0 spiro atoms. The molecule has 3 aromatic rings. The first-order valence-corrected chi connectivity index (χ1v) is 10.8. The van der Waals surface area contributed by atoms with Crippen molar-refractivity contribution in [1.29, 1.82) is 0 Å². The first-order valence-electron chi connectivity index (χ1n) is 8.98. The van der Waals surface area contributed by atoms with Crippen LogP contribution in [0.3, 0.4) is 0 Å². The Morgan fingerprint density at radius 3 is 2.31 bits per heavy atom. The number of hydrogen-bond acceptors (Lipinski definition) is 3. The topological polar surface area (TPSA) is 66.5 Å². The second kappa shape index (κ2) is 8.68. The van der Waals surface area contributed by atoms with Crippen LogP contribution in [-0.2, 0) is 14.8 Å². The smallest absolute Gasteiger partial charge is 0.264 e. The number of aryl methyl sites for hydroxylation is 2. The van der Waals surface area contributed by atoms with Gasteiger partial charge in [-0.05, 0) is 67.4 Å². The van der Waals surface area contributed by atoms with Crippen LogP contribution in [0.25, 0.3) is 0 Å². The highest BCUT2D eigenvalue weighted by molar-refractivity contribution is 7.92. The molecule has 150 valence electrons. The molecule has 7 heteroatoms. The number of carbonyl (C=O) groups is 1. The number of nitrogens with zero attached hydrogens (tertiary/aromatic N) is 1. The van der Waals surface area contributed by atoms with Gasteiger partial charge >= 0.3 is 0 Å². The van der Waals surface area contributed by atoms with Crippen LogP contribution < -0.4 is 9.62 Å². The molecule has 0 aromatic heterocycles. The average Bonchev–Trinajstić information content (AvgIpc) is 2.69. The number of carbonyl (C=O) groups excluding carboxylic acids is 1. The van der Waals surface area contributed by atoms with Gasteiger partial charge in [-0.2, -0.15) is 0 Å². The van der Waals surface area contributed by atoms with Gasteiger partial charge in [-0.15, -0.1) is 0 Å². The predicted molar refractivity (Wildman–Crippen MR) is 117 cm³/mol. The van der Waals surface area contributed by atoms with Gasteiger partial charge in [0.05, 0.1) is 10.6 Å². The quantitative estimate of drug-likeness (QED) is 0.613.